The second-order valence-corrected chi connectivity index (χ2v) is 5.49. The summed E-state index contributed by atoms with van der Waals surface area (Å²) < 4.78 is 0. The summed E-state index contributed by atoms with van der Waals surface area (Å²) >= 11 is 0. The van der Waals surface area contributed by atoms with Crippen LogP contribution in [0.5, 0.6) is 0 Å². The Kier molecular flexibility index (Phi) is 2.32. The first-order valence-electron chi connectivity index (χ1n) is 6.33. The fourth-order valence-corrected chi connectivity index (χ4v) is 2.80. The molecule has 2 aliphatic carbocycles. The summed E-state index contributed by atoms with van der Waals surface area (Å²) in [5.74, 6) is 0. The maximum absolute atomic E-state index is 2.38. The Hall–Kier alpha value is -1.56. The van der Waals surface area contributed by atoms with E-state index in [1.54, 1.807) is 5.57 Å². The SMILES string of the molecule is CC(C)(C1=CC=CC1)C1=Cc2ccccc2C1. The minimum atomic E-state index is 0.197. The molecule has 0 radical (unpaired) electrons. The third kappa shape index (κ3) is 1.68. The smallest absolute Gasteiger partial charge is 0.00769 e. The molecule has 0 spiro atoms. The van der Waals surface area contributed by atoms with Crippen LogP contribution in [0.25, 0.3) is 6.08 Å². The molecule has 0 N–H and O–H groups in total. The summed E-state index contributed by atoms with van der Waals surface area (Å²) in [6.07, 6.45) is 11.3. The zero-order chi connectivity index (χ0) is 11.9. The van der Waals surface area contributed by atoms with Crippen LogP contribution in [0, 0.1) is 5.41 Å². The standard InChI is InChI=1S/C17H18/c1-17(2,15-9-5-6-10-15)16-11-13-7-3-4-8-14(13)12-16/h3-9,11H,10,12H2,1-2H3. The molecule has 0 fully saturated rings. The predicted molar refractivity (Wildman–Crippen MR) is 73.7 cm³/mol. The molecule has 1 aromatic carbocycles. The lowest BCUT2D eigenvalue weighted by atomic mass is 9.76. The summed E-state index contributed by atoms with van der Waals surface area (Å²) in [5, 5.41) is 0. The van der Waals surface area contributed by atoms with Crippen molar-refractivity contribution in [2.24, 2.45) is 5.41 Å². The summed E-state index contributed by atoms with van der Waals surface area (Å²) in [7, 11) is 0. The zero-order valence-electron chi connectivity index (χ0n) is 10.5. The third-order valence-corrected chi connectivity index (χ3v) is 4.14. The molecule has 0 saturated carbocycles. The molecule has 17 heavy (non-hydrogen) atoms. The predicted octanol–water partition coefficient (Wildman–Crippen LogP) is 4.54. The first-order chi connectivity index (χ1) is 8.18. The number of hydrogen-bond acceptors (Lipinski definition) is 0. The van der Waals surface area contributed by atoms with Crippen molar-refractivity contribution < 1.29 is 0 Å². The highest BCUT2D eigenvalue weighted by molar-refractivity contribution is 5.66. The molecular formula is C17H18. The van der Waals surface area contributed by atoms with Gasteiger partial charge in [-0.2, -0.15) is 0 Å². The fraction of sp³-hybridized carbons (Fsp3) is 0.294. The Morgan fingerprint density at radius 3 is 2.59 bits per heavy atom. The van der Waals surface area contributed by atoms with E-state index < -0.39 is 0 Å². The van der Waals surface area contributed by atoms with Crippen molar-refractivity contribution in [2.45, 2.75) is 26.7 Å². The summed E-state index contributed by atoms with van der Waals surface area (Å²) in [6.45, 7) is 4.70. The molecule has 0 aromatic heterocycles. The lowest BCUT2D eigenvalue weighted by Crippen LogP contribution is -2.17. The monoisotopic (exact) mass is 222 g/mol. The van der Waals surface area contributed by atoms with Crippen LogP contribution in [-0.4, -0.2) is 0 Å². The number of allylic oxidation sites excluding steroid dienone is 5. The Morgan fingerprint density at radius 2 is 1.88 bits per heavy atom. The van der Waals surface area contributed by atoms with Crippen molar-refractivity contribution >= 4 is 6.08 Å². The number of benzene rings is 1. The van der Waals surface area contributed by atoms with Gasteiger partial charge in [0.25, 0.3) is 0 Å². The van der Waals surface area contributed by atoms with Gasteiger partial charge in [0.05, 0.1) is 0 Å². The average molecular weight is 222 g/mol. The molecule has 1 aromatic rings. The van der Waals surface area contributed by atoms with Gasteiger partial charge < -0.3 is 0 Å². The number of rotatable bonds is 2. The van der Waals surface area contributed by atoms with Crippen molar-refractivity contribution in [3.8, 4) is 0 Å². The number of hydrogen-bond donors (Lipinski definition) is 0. The molecule has 0 heterocycles. The maximum atomic E-state index is 2.38. The molecule has 0 nitrogen and oxygen atoms in total. The Bertz CT molecular complexity index is 539. The third-order valence-electron chi connectivity index (χ3n) is 4.14. The van der Waals surface area contributed by atoms with Gasteiger partial charge in [-0.1, -0.05) is 73.6 Å². The van der Waals surface area contributed by atoms with Crippen molar-refractivity contribution in [2.75, 3.05) is 0 Å². The van der Waals surface area contributed by atoms with Crippen molar-refractivity contribution in [1.82, 2.24) is 0 Å². The average Bonchev–Trinajstić information content (AvgIpc) is 2.98. The minimum Gasteiger partial charge on any atom is -0.0804 e. The van der Waals surface area contributed by atoms with Crippen LogP contribution in [-0.2, 0) is 6.42 Å². The van der Waals surface area contributed by atoms with E-state index in [1.807, 2.05) is 0 Å². The van der Waals surface area contributed by atoms with Crippen LogP contribution in [0.1, 0.15) is 31.4 Å². The van der Waals surface area contributed by atoms with Gasteiger partial charge in [-0.3, -0.25) is 0 Å². The first-order valence-corrected chi connectivity index (χ1v) is 6.33. The molecule has 0 amide bonds. The van der Waals surface area contributed by atoms with E-state index in [-0.39, 0.29) is 5.41 Å². The van der Waals surface area contributed by atoms with Crippen LogP contribution in [0.15, 0.2) is 53.6 Å². The molecule has 0 bridgehead atoms. The molecule has 0 saturated heterocycles. The minimum absolute atomic E-state index is 0.197. The molecule has 2 aliphatic rings. The van der Waals surface area contributed by atoms with E-state index in [0.717, 1.165) is 12.8 Å². The molecule has 0 aliphatic heterocycles. The van der Waals surface area contributed by atoms with E-state index in [4.69, 9.17) is 0 Å². The molecule has 0 unspecified atom stereocenters. The summed E-state index contributed by atoms with van der Waals surface area (Å²) in [5.41, 5.74) is 6.16. The van der Waals surface area contributed by atoms with E-state index in [1.165, 1.54) is 16.7 Å². The largest absolute Gasteiger partial charge is 0.0804 e. The zero-order valence-corrected chi connectivity index (χ0v) is 10.5. The van der Waals surface area contributed by atoms with Gasteiger partial charge in [-0.15, -0.1) is 0 Å². The van der Waals surface area contributed by atoms with Gasteiger partial charge in [0.1, 0.15) is 0 Å². The second-order valence-electron chi connectivity index (χ2n) is 5.49. The van der Waals surface area contributed by atoms with Gasteiger partial charge in [0, 0.05) is 5.41 Å². The van der Waals surface area contributed by atoms with Crippen LogP contribution >= 0.6 is 0 Å². The summed E-state index contributed by atoms with van der Waals surface area (Å²) in [4.78, 5) is 0. The fourth-order valence-electron chi connectivity index (χ4n) is 2.80. The van der Waals surface area contributed by atoms with E-state index in [9.17, 15) is 0 Å². The van der Waals surface area contributed by atoms with E-state index >= 15 is 0 Å². The highest BCUT2D eigenvalue weighted by atomic mass is 14.3. The Labute approximate surface area is 103 Å². The van der Waals surface area contributed by atoms with E-state index in [2.05, 4.69) is 62.4 Å². The lowest BCUT2D eigenvalue weighted by molar-refractivity contribution is 0.524. The van der Waals surface area contributed by atoms with Crippen molar-refractivity contribution in [3.05, 3.63) is 64.8 Å². The topological polar surface area (TPSA) is 0 Å². The van der Waals surface area contributed by atoms with Crippen molar-refractivity contribution in [3.63, 3.8) is 0 Å². The highest BCUT2D eigenvalue weighted by Gasteiger charge is 2.30. The molecular weight excluding hydrogens is 204 g/mol. The lowest BCUT2D eigenvalue weighted by Gasteiger charge is -2.28. The van der Waals surface area contributed by atoms with Gasteiger partial charge in [0.15, 0.2) is 0 Å². The van der Waals surface area contributed by atoms with Crippen LogP contribution in [0.4, 0.5) is 0 Å². The molecule has 86 valence electrons. The van der Waals surface area contributed by atoms with Gasteiger partial charge in [-0.05, 0) is 24.0 Å². The van der Waals surface area contributed by atoms with E-state index in [0.29, 0.717) is 0 Å². The number of fused-ring (bicyclic) bond motifs is 1. The summed E-state index contributed by atoms with van der Waals surface area (Å²) in [6, 6.07) is 8.73. The van der Waals surface area contributed by atoms with Crippen LogP contribution < -0.4 is 0 Å². The van der Waals surface area contributed by atoms with Crippen LogP contribution in [0.3, 0.4) is 0 Å². The van der Waals surface area contributed by atoms with Gasteiger partial charge >= 0.3 is 0 Å². The molecule has 0 atom stereocenters. The quantitative estimate of drug-likeness (QED) is 0.689. The second kappa shape index (κ2) is 3.73. The highest BCUT2D eigenvalue weighted by Crippen LogP contribution is 2.43. The van der Waals surface area contributed by atoms with Crippen LogP contribution in [0.2, 0.25) is 0 Å². The van der Waals surface area contributed by atoms with Gasteiger partial charge in [-0.25, -0.2) is 0 Å². The molecule has 3 rings (SSSR count). The normalized spacial score (nSPS) is 18.0. The Morgan fingerprint density at radius 1 is 1.06 bits per heavy atom. The van der Waals surface area contributed by atoms with Crippen molar-refractivity contribution in [1.29, 1.82) is 0 Å². The first kappa shape index (κ1) is 10.6. The Balaban J connectivity index is 1.93. The van der Waals surface area contributed by atoms with Gasteiger partial charge in [0.2, 0.25) is 0 Å². The maximum Gasteiger partial charge on any atom is 0.00769 e. The molecule has 0 heteroatoms.